The molecule has 0 spiro atoms. The molecule has 0 heterocycles. The molecule has 0 aromatic heterocycles. The highest BCUT2D eigenvalue weighted by Crippen LogP contribution is 2.35. The molecular formula is C14H9N3O9. The maximum Gasteiger partial charge on any atom is 0.345 e. The number of methoxy groups -OCH3 is 1. The molecule has 0 unspecified atom stereocenters. The molecular weight excluding hydrogens is 354 g/mol. The second-order valence-electron chi connectivity index (χ2n) is 4.70. The lowest BCUT2D eigenvalue weighted by atomic mass is 10.1. The molecule has 0 amide bonds. The summed E-state index contributed by atoms with van der Waals surface area (Å²) in [5.41, 5.74) is -2.15. The van der Waals surface area contributed by atoms with Crippen molar-refractivity contribution in [2.24, 2.45) is 0 Å². The molecule has 0 fully saturated rings. The fraction of sp³-hybridized carbons (Fsp3) is 0.0714. The van der Waals surface area contributed by atoms with Gasteiger partial charge in [0, 0.05) is 18.2 Å². The van der Waals surface area contributed by atoms with Crippen molar-refractivity contribution in [1.29, 1.82) is 0 Å². The third-order valence-corrected chi connectivity index (χ3v) is 3.15. The van der Waals surface area contributed by atoms with Crippen LogP contribution in [0.2, 0.25) is 0 Å². The van der Waals surface area contributed by atoms with Crippen LogP contribution in [0.4, 0.5) is 17.1 Å². The zero-order valence-electron chi connectivity index (χ0n) is 13.0. The molecule has 2 aromatic rings. The Labute approximate surface area is 144 Å². The number of rotatable bonds is 6. The van der Waals surface area contributed by atoms with Crippen molar-refractivity contribution in [1.82, 2.24) is 0 Å². The number of carbonyl (C=O) groups excluding carboxylic acids is 1. The SMILES string of the molecule is COC(=O)c1cc(Oc2ccc([N+](=O)[O-])cc2[N+](=O)[O-])ccc1[N+](=O)[O-]. The lowest BCUT2D eigenvalue weighted by molar-refractivity contribution is -0.394. The largest absolute Gasteiger partial charge is 0.465 e. The quantitative estimate of drug-likeness (QED) is 0.426. The fourth-order valence-electron chi connectivity index (χ4n) is 1.99. The van der Waals surface area contributed by atoms with Gasteiger partial charge < -0.3 is 9.47 Å². The zero-order chi connectivity index (χ0) is 19.4. The Kier molecular flexibility index (Phi) is 5.06. The van der Waals surface area contributed by atoms with Gasteiger partial charge in [-0.3, -0.25) is 30.3 Å². The highest BCUT2D eigenvalue weighted by Gasteiger charge is 2.24. The van der Waals surface area contributed by atoms with Gasteiger partial charge in [0.2, 0.25) is 5.75 Å². The summed E-state index contributed by atoms with van der Waals surface area (Å²) in [6.07, 6.45) is 0. The molecule has 2 aromatic carbocycles. The van der Waals surface area contributed by atoms with Crippen LogP contribution in [0.1, 0.15) is 10.4 Å². The lowest BCUT2D eigenvalue weighted by Gasteiger charge is -2.08. The number of nitrogens with zero attached hydrogens (tertiary/aromatic N) is 3. The monoisotopic (exact) mass is 363 g/mol. The van der Waals surface area contributed by atoms with E-state index in [0.29, 0.717) is 6.07 Å². The Morgan fingerprint density at radius 3 is 2.08 bits per heavy atom. The van der Waals surface area contributed by atoms with Crippen LogP contribution < -0.4 is 4.74 Å². The van der Waals surface area contributed by atoms with E-state index < -0.39 is 43.4 Å². The van der Waals surface area contributed by atoms with Crippen molar-refractivity contribution in [2.45, 2.75) is 0 Å². The van der Waals surface area contributed by atoms with E-state index in [1.165, 1.54) is 0 Å². The van der Waals surface area contributed by atoms with Crippen molar-refractivity contribution in [3.05, 3.63) is 72.3 Å². The minimum Gasteiger partial charge on any atom is -0.465 e. The summed E-state index contributed by atoms with van der Waals surface area (Å²) in [5.74, 6) is -1.47. The van der Waals surface area contributed by atoms with Gasteiger partial charge in [0.1, 0.15) is 11.3 Å². The van der Waals surface area contributed by atoms with Crippen molar-refractivity contribution in [2.75, 3.05) is 7.11 Å². The van der Waals surface area contributed by atoms with E-state index in [2.05, 4.69) is 4.74 Å². The molecule has 26 heavy (non-hydrogen) atoms. The van der Waals surface area contributed by atoms with Crippen molar-refractivity contribution < 1.29 is 29.0 Å². The minimum atomic E-state index is -1.000. The highest BCUT2D eigenvalue weighted by molar-refractivity contribution is 5.94. The molecule has 12 heteroatoms. The van der Waals surface area contributed by atoms with Crippen LogP contribution in [-0.4, -0.2) is 27.8 Å². The number of esters is 1. The Bertz CT molecular complexity index is 926. The summed E-state index contributed by atoms with van der Waals surface area (Å²) in [6, 6.07) is 5.79. The molecule has 0 aliphatic carbocycles. The predicted octanol–water partition coefficient (Wildman–Crippen LogP) is 2.99. The standard InChI is InChI=1S/C14H9N3O9/c1-25-14(18)10-7-9(3-4-11(10)16(21)22)26-13-5-2-8(15(19)20)6-12(13)17(23)24/h2-7H,1H3. The Morgan fingerprint density at radius 1 is 0.885 bits per heavy atom. The Morgan fingerprint density at radius 2 is 1.54 bits per heavy atom. The van der Waals surface area contributed by atoms with Gasteiger partial charge in [-0.05, 0) is 12.1 Å². The number of non-ortho nitro benzene ring substituents is 1. The topological polar surface area (TPSA) is 165 Å². The summed E-state index contributed by atoms with van der Waals surface area (Å²) in [7, 11) is 1.03. The first-order valence-corrected chi connectivity index (χ1v) is 6.72. The molecule has 0 atom stereocenters. The molecule has 0 aliphatic heterocycles. The van der Waals surface area contributed by atoms with Crippen LogP contribution >= 0.6 is 0 Å². The number of benzene rings is 2. The van der Waals surface area contributed by atoms with Crippen LogP contribution in [0, 0.1) is 30.3 Å². The third kappa shape index (κ3) is 3.69. The first kappa shape index (κ1) is 18.3. The zero-order valence-corrected chi connectivity index (χ0v) is 13.0. The van der Waals surface area contributed by atoms with Gasteiger partial charge in [-0.25, -0.2) is 4.79 Å². The van der Waals surface area contributed by atoms with Gasteiger partial charge in [0.05, 0.1) is 27.9 Å². The number of hydrogen-bond acceptors (Lipinski definition) is 9. The van der Waals surface area contributed by atoms with E-state index in [4.69, 9.17) is 4.74 Å². The van der Waals surface area contributed by atoms with Crippen LogP contribution in [-0.2, 0) is 4.74 Å². The van der Waals surface area contributed by atoms with E-state index in [0.717, 1.165) is 37.4 Å². The second-order valence-corrected chi connectivity index (χ2v) is 4.70. The number of carbonyl (C=O) groups is 1. The number of hydrogen-bond donors (Lipinski definition) is 0. The highest BCUT2D eigenvalue weighted by atomic mass is 16.6. The van der Waals surface area contributed by atoms with Crippen molar-refractivity contribution in [3.8, 4) is 11.5 Å². The van der Waals surface area contributed by atoms with Gasteiger partial charge >= 0.3 is 11.7 Å². The van der Waals surface area contributed by atoms with Gasteiger partial charge in [-0.15, -0.1) is 0 Å². The number of nitro benzene ring substituents is 3. The molecule has 0 bridgehead atoms. The van der Waals surface area contributed by atoms with E-state index in [9.17, 15) is 35.1 Å². The Balaban J connectivity index is 2.48. The third-order valence-electron chi connectivity index (χ3n) is 3.15. The molecule has 0 radical (unpaired) electrons. The van der Waals surface area contributed by atoms with E-state index in [1.54, 1.807) is 0 Å². The van der Waals surface area contributed by atoms with Crippen molar-refractivity contribution in [3.63, 3.8) is 0 Å². The summed E-state index contributed by atoms with van der Waals surface area (Å²) in [4.78, 5) is 42.0. The van der Waals surface area contributed by atoms with Crippen molar-refractivity contribution >= 4 is 23.0 Å². The molecule has 0 saturated heterocycles. The summed E-state index contributed by atoms with van der Waals surface area (Å²) in [6.45, 7) is 0. The number of ether oxygens (including phenoxy) is 2. The molecule has 134 valence electrons. The molecule has 0 aliphatic rings. The molecule has 0 saturated carbocycles. The van der Waals surface area contributed by atoms with Gasteiger partial charge in [-0.2, -0.15) is 0 Å². The molecule has 12 nitrogen and oxygen atoms in total. The van der Waals surface area contributed by atoms with E-state index in [-0.39, 0.29) is 11.5 Å². The van der Waals surface area contributed by atoms with Gasteiger partial charge in [-0.1, -0.05) is 0 Å². The maximum atomic E-state index is 11.7. The second kappa shape index (κ2) is 7.21. The van der Waals surface area contributed by atoms with Crippen LogP contribution in [0.25, 0.3) is 0 Å². The van der Waals surface area contributed by atoms with E-state index in [1.807, 2.05) is 0 Å². The smallest absolute Gasteiger partial charge is 0.345 e. The van der Waals surface area contributed by atoms with Gasteiger partial charge in [0.25, 0.3) is 11.4 Å². The average molecular weight is 363 g/mol. The first-order chi connectivity index (χ1) is 12.2. The fourth-order valence-corrected chi connectivity index (χ4v) is 1.99. The van der Waals surface area contributed by atoms with Crippen LogP contribution in [0.5, 0.6) is 11.5 Å². The Hall–Kier alpha value is -4.09. The summed E-state index contributed by atoms with van der Waals surface area (Å²) in [5, 5.41) is 32.8. The summed E-state index contributed by atoms with van der Waals surface area (Å²) >= 11 is 0. The molecule has 2 rings (SSSR count). The van der Waals surface area contributed by atoms with E-state index >= 15 is 0 Å². The normalized spacial score (nSPS) is 10.0. The minimum absolute atomic E-state index is 0.132. The van der Waals surface area contributed by atoms with Crippen LogP contribution in [0.3, 0.4) is 0 Å². The molecule has 0 N–H and O–H groups in total. The first-order valence-electron chi connectivity index (χ1n) is 6.72. The average Bonchev–Trinajstić information content (AvgIpc) is 2.60. The maximum absolute atomic E-state index is 11.7. The van der Waals surface area contributed by atoms with Gasteiger partial charge in [0.15, 0.2) is 0 Å². The summed E-state index contributed by atoms with van der Waals surface area (Å²) < 4.78 is 9.74. The lowest BCUT2D eigenvalue weighted by Crippen LogP contribution is -2.06. The number of nitro groups is 3. The van der Waals surface area contributed by atoms with Crippen LogP contribution in [0.15, 0.2) is 36.4 Å². The predicted molar refractivity (Wildman–Crippen MR) is 84.3 cm³/mol.